The number of benzene rings is 1. The Bertz CT molecular complexity index is 343. The maximum atomic E-state index is 11.6. The van der Waals surface area contributed by atoms with E-state index < -0.39 is 6.04 Å². The molecule has 2 N–H and O–H groups in total. The van der Waals surface area contributed by atoms with Crippen LogP contribution < -0.4 is 5.73 Å². The largest absolute Gasteiger partial charge is 0.465 e. The average Bonchev–Trinajstić information content (AvgIpc) is 2.39. The maximum absolute atomic E-state index is 11.6. The van der Waals surface area contributed by atoms with Gasteiger partial charge in [0.1, 0.15) is 6.04 Å². The molecule has 108 valence electrons. The lowest BCUT2D eigenvalue weighted by molar-refractivity contribution is -0.145. The van der Waals surface area contributed by atoms with Gasteiger partial charge in [-0.05, 0) is 18.4 Å². The monoisotopic (exact) mass is 285 g/mol. The standard InChI is InChI=1S/C15H23NO2.ClH/c1-2-3-4-8-11-18-15(17)14(16)12-13-9-6-5-7-10-13;/h5-7,9-10,14H,2-4,8,11-12,16H2,1H3;1H/t14-;/m0./s1. The van der Waals surface area contributed by atoms with E-state index in [-0.39, 0.29) is 18.4 Å². The SMILES string of the molecule is CCCCCCOC(=O)[C@@H](N)Cc1ccccc1.Cl. The Hall–Kier alpha value is -1.06. The lowest BCUT2D eigenvalue weighted by Crippen LogP contribution is -2.34. The molecule has 0 radical (unpaired) electrons. The van der Waals surface area contributed by atoms with Crippen molar-refractivity contribution in [1.29, 1.82) is 0 Å². The van der Waals surface area contributed by atoms with Crippen LogP contribution in [0.2, 0.25) is 0 Å². The fourth-order valence-corrected chi connectivity index (χ4v) is 1.76. The van der Waals surface area contributed by atoms with Gasteiger partial charge in [-0.15, -0.1) is 12.4 Å². The number of hydrogen-bond donors (Lipinski definition) is 1. The number of halogens is 1. The molecule has 1 aromatic carbocycles. The summed E-state index contributed by atoms with van der Waals surface area (Å²) in [4.78, 5) is 11.6. The number of carbonyl (C=O) groups excluding carboxylic acids is 1. The van der Waals surface area contributed by atoms with Gasteiger partial charge >= 0.3 is 5.97 Å². The molecule has 0 unspecified atom stereocenters. The van der Waals surface area contributed by atoms with Gasteiger partial charge in [0.2, 0.25) is 0 Å². The molecule has 0 aliphatic heterocycles. The van der Waals surface area contributed by atoms with Crippen LogP contribution in [0.15, 0.2) is 30.3 Å². The van der Waals surface area contributed by atoms with Crippen LogP contribution in [0.3, 0.4) is 0 Å². The van der Waals surface area contributed by atoms with Gasteiger partial charge in [-0.1, -0.05) is 56.5 Å². The second-order valence-corrected chi connectivity index (χ2v) is 4.52. The van der Waals surface area contributed by atoms with Crippen LogP contribution in [0.25, 0.3) is 0 Å². The third-order valence-electron chi connectivity index (χ3n) is 2.84. The van der Waals surface area contributed by atoms with Gasteiger partial charge in [-0.2, -0.15) is 0 Å². The molecule has 1 aromatic rings. The number of rotatable bonds is 8. The zero-order valence-electron chi connectivity index (χ0n) is 11.5. The van der Waals surface area contributed by atoms with Gasteiger partial charge in [0.05, 0.1) is 6.61 Å². The summed E-state index contributed by atoms with van der Waals surface area (Å²) in [5.41, 5.74) is 6.88. The molecule has 0 aliphatic carbocycles. The highest BCUT2D eigenvalue weighted by atomic mass is 35.5. The van der Waals surface area contributed by atoms with Crippen LogP contribution in [0.1, 0.15) is 38.2 Å². The van der Waals surface area contributed by atoms with E-state index in [1.807, 2.05) is 30.3 Å². The van der Waals surface area contributed by atoms with E-state index >= 15 is 0 Å². The van der Waals surface area contributed by atoms with Gasteiger partial charge < -0.3 is 10.5 Å². The second-order valence-electron chi connectivity index (χ2n) is 4.52. The predicted molar refractivity (Wildman–Crippen MR) is 80.5 cm³/mol. The van der Waals surface area contributed by atoms with Gasteiger partial charge in [-0.3, -0.25) is 4.79 Å². The first kappa shape index (κ1) is 17.9. The first-order valence-electron chi connectivity index (χ1n) is 6.70. The van der Waals surface area contributed by atoms with Crippen molar-refractivity contribution < 1.29 is 9.53 Å². The van der Waals surface area contributed by atoms with Crippen LogP contribution in [-0.2, 0) is 16.0 Å². The highest BCUT2D eigenvalue weighted by molar-refractivity contribution is 5.85. The van der Waals surface area contributed by atoms with E-state index in [2.05, 4.69) is 6.92 Å². The summed E-state index contributed by atoms with van der Waals surface area (Å²) in [5.74, 6) is -0.296. The third-order valence-corrected chi connectivity index (χ3v) is 2.84. The molecule has 0 saturated carbocycles. The van der Waals surface area contributed by atoms with Crippen molar-refractivity contribution in [3.63, 3.8) is 0 Å². The fraction of sp³-hybridized carbons (Fsp3) is 0.533. The second kappa shape index (κ2) is 10.8. The number of nitrogens with two attached hydrogens (primary N) is 1. The van der Waals surface area contributed by atoms with Crippen molar-refractivity contribution in [1.82, 2.24) is 0 Å². The molecule has 19 heavy (non-hydrogen) atoms. The van der Waals surface area contributed by atoms with Crippen molar-refractivity contribution in [2.45, 2.75) is 45.1 Å². The predicted octanol–water partition coefficient (Wildman–Crippen LogP) is 3.10. The topological polar surface area (TPSA) is 52.3 Å². The van der Waals surface area contributed by atoms with E-state index in [1.54, 1.807) is 0 Å². The van der Waals surface area contributed by atoms with E-state index in [0.717, 1.165) is 18.4 Å². The lowest BCUT2D eigenvalue weighted by Gasteiger charge is -2.11. The lowest BCUT2D eigenvalue weighted by atomic mass is 10.1. The average molecular weight is 286 g/mol. The Morgan fingerprint density at radius 1 is 1.21 bits per heavy atom. The Morgan fingerprint density at radius 2 is 1.89 bits per heavy atom. The molecule has 1 rings (SSSR count). The molecular weight excluding hydrogens is 262 g/mol. The molecular formula is C15H24ClNO2. The summed E-state index contributed by atoms with van der Waals surface area (Å²) >= 11 is 0. The molecule has 0 amide bonds. The van der Waals surface area contributed by atoms with Crippen molar-refractivity contribution in [3.05, 3.63) is 35.9 Å². The molecule has 4 heteroatoms. The van der Waals surface area contributed by atoms with Crippen molar-refractivity contribution in [2.75, 3.05) is 6.61 Å². The van der Waals surface area contributed by atoms with Gasteiger partial charge in [0.15, 0.2) is 0 Å². The van der Waals surface area contributed by atoms with Crippen LogP contribution in [-0.4, -0.2) is 18.6 Å². The molecule has 0 fully saturated rings. The molecule has 0 aliphatic rings. The van der Waals surface area contributed by atoms with Gasteiger partial charge in [-0.25, -0.2) is 0 Å². The van der Waals surface area contributed by atoms with Crippen molar-refractivity contribution >= 4 is 18.4 Å². The number of hydrogen-bond acceptors (Lipinski definition) is 3. The molecule has 1 atom stereocenters. The van der Waals surface area contributed by atoms with Crippen molar-refractivity contribution in [3.8, 4) is 0 Å². The smallest absolute Gasteiger partial charge is 0.323 e. The summed E-state index contributed by atoms with van der Waals surface area (Å²) in [7, 11) is 0. The zero-order valence-corrected chi connectivity index (χ0v) is 12.3. The zero-order chi connectivity index (χ0) is 13.2. The number of unbranched alkanes of at least 4 members (excludes halogenated alkanes) is 3. The number of carbonyl (C=O) groups is 1. The maximum Gasteiger partial charge on any atom is 0.323 e. The summed E-state index contributed by atoms with van der Waals surface area (Å²) in [5, 5.41) is 0. The van der Waals surface area contributed by atoms with Gasteiger partial charge in [0, 0.05) is 0 Å². The summed E-state index contributed by atoms with van der Waals surface area (Å²) in [6, 6.07) is 9.21. The minimum atomic E-state index is -0.557. The first-order chi connectivity index (χ1) is 8.74. The van der Waals surface area contributed by atoms with Crippen LogP contribution in [0.5, 0.6) is 0 Å². The number of ether oxygens (including phenoxy) is 1. The molecule has 0 spiro atoms. The third kappa shape index (κ3) is 7.85. The Kier molecular flexibility index (Phi) is 10.2. The van der Waals surface area contributed by atoms with E-state index in [4.69, 9.17) is 10.5 Å². The van der Waals surface area contributed by atoms with Crippen LogP contribution in [0.4, 0.5) is 0 Å². The van der Waals surface area contributed by atoms with Crippen LogP contribution >= 0.6 is 12.4 Å². The molecule has 0 heterocycles. The molecule has 3 nitrogen and oxygen atoms in total. The summed E-state index contributed by atoms with van der Waals surface area (Å²) in [6.45, 7) is 2.64. The Labute approximate surface area is 121 Å². The normalized spacial score (nSPS) is 11.5. The minimum Gasteiger partial charge on any atom is -0.465 e. The first-order valence-corrected chi connectivity index (χ1v) is 6.70. The number of esters is 1. The highest BCUT2D eigenvalue weighted by Crippen LogP contribution is 2.04. The molecule has 0 aromatic heterocycles. The molecule has 0 saturated heterocycles. The minimum absolute atomic E-state index is 0. The quantitative estimate of drug-likeness (QED) is 0.590. The van der Waals surface area contributed by atoms with Gasteiger partial charge in [0.25, 0.3) is 0 Å². The van der Waals surface area contributed by atoms with E-state index in [9.17, 15) is 4.79 Å². The van der Waals surface area contributed by atoms with E-state index in [0.29, 0.717) is 13.0 Å². The summed E-state index contributed by atoms with van der Waals surface area (Å²) in [6.07, 6.45) is 4.94. The van der Waals surface area contributed by atoms with Crippen molar-refractivity contribution in [2.24, 2.45) is 5.73 Å². The molecule has 0 bridgehead atoms. The van der Waals surface area contributed by atoms with E-state index in [1.165, 1.54) is 12.8 Å². The highest BCUT2D eigenvalue weighted by Gasteiger charge is 2.15. The fourth-order valence-electron chi connectivity index (χ4n) is 1.76. The summed E-state index contributed by atoms with van der Waals surface area (Å²) < 4.78 is 5.16. The van der Waals surface area contributed by atoms with Crippen LogP contribution in [0, 0.1) is 0 Å². The Balaban J connectivity index is 0.00000324. The Morgan fingerprint density at radius 3 is 2.53 bits per heavy atom.